The van der Waals surface area contributed by atoms with Crippen LogP contribution in [0, 0.1) is 0 Å². The van der Waals surface area contributed by atoms with Crippen LogP contribution in [0.1, 0.15) is 0 Å². The number of aliphatic carboxylic acids is 3. The molecule has 0 aromatic heterocycles. The van der Waals surface area contributed by atoms with Crippen molar-refractivity contribution in [3.05, 3.63) is 108 Å². The van der Waals surface area contributed by atoms with Crippen LogP contribution in [0.3, 0.4) is 0 Å². The predicted molar refractivity (Wildman–Crippen MR) is 102 cm³/mol. The molecule has 0 saturated carbocycles. The molecule has 0 aliphatic heterocycles. The third-order valence-electron chi connectivity index (χ3n) is 3.41. The Hall–Kier alpha value is -3.19. The zero-order chi connectivity index (χ0) is 20.6. The van der Waals surface area contributed by atoms with E-state index in [1.54, 1.807) is 36.5 Å². The van der Waals surface area contributed by atoms with E-state index in [4.69, 9.17) is 15.3 Å². The summed E-state index contributed by atoms with van der Waals surface area (Å²) in [7, 11) is 0. The monoisotopic (exact) mass is 563 g/mol. The van der Waals surface area contributed by atoms with Crippen molar-refractivity contribution in [3.8, 4) is 0 Å². The normalized spacial score (nSPS) is 15.4. The summed E-state index contributed by atoms with van der Waals surface area (Å²) in [6.45, 7) is 10.6. The van der Waals surface area contributed by atoms with Gasteiger partial charge in [-0.15, -0.1) is 0 Å². The van der Waals surface area contributed by atoms with Gasteiger partial charge in [-0.2, -0.15) is 0 Å². The largest absolute Gasteiger partial charge is 0.478 e. The number of hydrogen-bond donors (Lipinski definition) is 3. The van der Waals surface area contributed by atoms with Gasteiger partial charge in [-0.25, -0.2) is 14.4 Å². The van der Waals surface area contributed by atoms with E-state index < -0.39 is 17.9 Å². The zero-order valence-electron chi connectivity index (χ0n) is 14.7. The molecular formula is C21H18AuO6. The second kappa shape index (κ2) is 11.5. The fraction of sp³-hybridized carbons (Fsp3) is 0. The van der Waals surface area contributed by atoms with Gasteiger partial charge in [0, 0.05) is 22.4 Å². The molecule has 3 aliphatic rings. The molecule has 3 rings (SSSR count). The minimum atomic E-state index is -0.912. The Kier molecular flexibility index (Phi) is 10.2. The van der Waals surface area contributed by atoms with Gasteiger partial charge in [-0.05, 0) is 34.9 Å². The van der Waals surface area contributed by atoms with Gasteiger partial charge in [0.15, 0.2) is 0 Å². The molecule has 7 heteroatoms. The minimum absolute atomic E-state index is 0. The molecular weight excluding hydrogens is 545 g/mol. The van der Waals surface area contributed by atoms with E-state index in [1.807, 2.05) is 0 Å². The molecule has 1 radical (unpaired) electrons. The van der Waals surface area contributed by atoms with Crippen LogP contribution in [-0.4, -0.2) is 33.2 Å². The second-order valence-corrected chi connectivity index (χ2v) is 5.31. The summed E-state index contributed by atoms with van der Waals surface area (Å²) in [6.07, 6.45) is 14.6. The average molecular weight is 563 g/mol. The summed E-state index contributed by atoms with van der Waals surface area (Å²) in [6, 6.07) is 0. The van der Waals surface area contributed by atoms with Gasteiger partial charge in [-0.3, -0.25) is 0 Å². The Labute approximate surface area is 177 Å². The molecule has 3 aliphatic carbocycles. The van der Waals surface area contributed by atoms with Crippen LogP contribution in [-0.2, 0) is 36.8 Å². The number of allylic oxidation sites excluding steroid dienone is 9. The van der Waals surface area contributed by atoms with Crippen molar-refractivity contribution in [1.82, 2.24) is 0 Å². The van der Waals surface area contributed by atoms with Crippen LogP contribution in [0.2, 0.25) is 0 Å². The molecule has 0 unspecified atom stereocenters. The van der Waals surface area contributed by atoms with Crippen molar-refractivity contribution >= 4 is 17.9 Å². The molecule has 0 aromatic carbocycles. The molecule has 0 aromatic rings. The Bertz CT molecular complexity index is 788. The Morgan fingerprint density at radius 3 is 0.857 bits per heavy atom. The van der Waals surface area contributed by atoms with E-state index in [2.05, 4.69) is 19.7 Å². The molecule has 0 saturated heterocycles. The molecule has 0 heterocycles. The number of carboxylic acid groups (broad SMARTS) is 3. The van der Waals surface area contributed by atoms with E-state index in [9.17, 15) is 14.4 Å². The maximum atomic E-state index is 10.2. The molecule has 0 bridgehead atoms. The first kappa shape index (κ1) is 24.8. The van der Waals surface area contributed by atoms with Crippen LogP contribution >= 0.6 is 0 Å². The van der Waals surface area contributed by atoms with Crippen molar-refractivity contribution in [2.24, 2.45) is 0 Å². The van der Waals surface area contributed by atoms with E-state index in [1.165, 1.54) is 18.2 Å². The number of carbonyl (C=O) groups is 3. The second-order valence-electron chi connectivity index (χ2n) is 5.31. The summed E-state index contributed by atoms with van der Waals surface area (Å²) in [5.74, 6) is -2.74. The van der Waals surface area contributed by atoms with E-state index in [0.29, 0.717) is 16.7 Å². The summed E-state index contributed by atoms with van der Waals surface area (Å²) >= 11 is 0. The number of carboxylic acids is 3. The number of rotatable bonds is 3. The minimum Gasteiger partial charge on any atom is -0.478 e. The summed E-state index contributed by atoms with van der Waals surface area (Å²) < 4.78 is 0. The first-order valence-corrected chi connectivity index (χ1v) is 7.58. The van der Waals surface area contributed by atoms with Gasteiger partial charge >= 0.3 is 17.9 Å². The summed E-state index contributed by atoms with van der Waals surface area (Å²) in [4.78, 5) is 30.7. The van der Waals surface area contributed by atoms with Gasteiger partial charge in [0.25, 0.3) is 0 Å². The van der Waals surface area contributed by atoms with E-state index >= 15 is 0 Å². The maximum absolute atomic E-state index is 10.2. The molecule has 3 N–H and O–H groups in total. The predicted octanol–water partition coefficient (Wildman–Crippen LogP) is 3.37. The van der Waals surface area contributed by atoms with Crippen LogP contribution < -0.4 is 0 Å². The Morgan fingerprint density at radius 2 is 0.786 bits per heavy atom. The topological polar surface area (TPSA) is 112 Å². The van der Waals surface area contributed by atoms with Crippen LogP contribution in [0.4, 0.5) is 0 Å². The first-order valence-electron chi connectivity index (χ1n) is 7.58. The van der Waals surface area contributed by atoms with Crippen molar-refractivity contribution in [2.45, 2.75) is 0 Å². The quantitative estimate of drug-likeness (QED) is 0.455. The SMILES string of the molecule is C=C1C=CC=C1C(=O)O.C=C1C=CC=C1C(=O)O.C=C1C=CC=C1C(=O)O.[Au]. The Balaban J connectivity index is 0.000000384. The first-order chi connectivity index (χ1) is 12.6. The van der Waals surface area contributed by atoms with Gasteiger partial charge in [-0.1, -0.05) is 56.2 Å². The van der Waals surface area contributed by atoms with Crippen molar-refractivity contribution in [3.63, 3.8) is 0 Å². The summed E-state index contributed by atoms with van der Waals surface area (Å²) in [5.41, 5.74) is 2.58. The van der Waals surface area contributed by atoms with Crippen LogP contribution in [0.15, 0.2) is 108 Å². The molecule has 28 heavy (non-hydrogen) atoms. The van der Waals surface area contributed by atoms with E-state index in [-0.39, 0.29) is 39.1 Å². The van der Waals surface area contributed by atoms with E-state index in [0.717, 1.165) is 0 Å². The molecule has 0 atom stereocenters. The van der Waals surface area contributed by atoms with Crippen molar-refractivity contribution in [2.75, 3.05) is 0 Å². The summed E-state index contributed by atoms with van der Waals surface area (Å²) in [5, 5.41) is 25.2. The molecule has 0 amide bonds. The molecule has 6 nitrogen and oxygen atoms in total. The van der Waals surface area contributed by atoms with Crippen LogP contribution in [0.25, 0.3) is 0 Å². The third-order valence-corrected chi connectivity index (χ3v) is 3.41. The van der Waals surface area contributed by atoms with Gasteiger partial charge in [0.2, 0.25) is 0 Å². The fourth-order valence-corrected chi connectivity index (χ4v) is 2.00. The zero-order valence-corrected chi connectivity index (χ0v) is 16.9. The third kappa shape index (κ3) is 7.20. The van der Waals surface area contributed by atoms with Crippen molar-refractivity contribution in [1.29, 1.82) is 0 Å². The average Bonchev–Trinajstić information content (AvgIpc) is 3.29. The number of hydrogen-bond acceptors (Lipinski definition) is 3. The van der Waals surface area contributed by atoms with Gasteiger partial charge in [0.05, 0.1) is 16.7 Å². The fourth-order valence-electron chi connectivity index (χ4n) is 2.00. The molecule has 0 fully saturated rings. The van der Waals surface area contributed by atoms with Crippen molar-refractivity contribution < 1.29 is 52.1 Å². The Morgan fingerprint density at radius 1 is 0.571 bits per heavy atom. The smallest absolute Gasteiger partial charge is 0.336 e. The standard InChI is InChI=1S/3C7H6O2.Au/c3*1-5-3-2-4-6(5)7(8)9;/h3*2-4H,1H2,(H,8,9);. The van der Waals surface area contributed by atoms with Gasteiger partial charge < -0.3 is 15.3 Å². The van der Waals surface area contributed by atoms with Crippen LogP contribution in [0.5, 0.6) is 0 Å². The molecule has 149 valence electrons. The maximum Gasteiger partial charge on any atom is 0.336 e. The van der Waals surface area contributed by atoms with Gasteiger partial charge in [0.1, 0.15) is 0 Å². The molecule has 0 spiro atoms.